The van der Waals surface area contributed by atoms with Crippen LogP contribution in [-0.2, 0) is 15.7 Å². The Balaban J connectivity index is 1.31. The van der Waals surface area contributed by atoms with Crippen molar-refractivity contribution in [3.05, 3.63) is 18.0 Å². The monoisotopic (exact) mass is 581 g/mol. The topological polar surface area (TPSA) is 60.1 Å². The van der Waals surface area contributed by atoms with Gasteiger partial charge in [-0.25, -0.2) is 0 Å². The molecule has 1 heterocycles. The molecule has 0 saturated heterocycles. The van der Waals surface area contributed by atoms with Crippen LogP contribution in [0.15, 0.2) is 12.4 Å². The molecule has 5 nitrogen and oxygen atoms in total. The highest BCUT2D eigenvalue weighted by Gasteiger charge is 2.61. The number of nitriles is 1. The highest BCUT2D eigenvalue weighted by molar-refractivity contribution is 6.74. The summed E-state index contributed by atoms with van der Waals surface area (Å²) in [6.07, 6.45) is 18.1. The minimum absolute atomic E-state index is 0.117. The minimum Gasteiger partial charge on any atom is -0.411 e. The van der Waals surface area contributed by atoms with Crippen LogP contribution in [0.1, 0.15) is 118 Å². The smallest absolute Gasteiger partial charge is 0.192 e. The maximum Gasteiger partial charge on any atom is 0.192 e. The van der Waals surface area contributed by atoms with Crippen molar-refractivity contribution in [2.24, 2.45) is 40.9 Å². The lowest BCUT2D eigenvalue weighted by molar-refractivity contribution is -0.137. The Morgan fingerprint density at radius 1 is 1.05 bits per heavy atom. The van der Waals surface area contributed by atoms with Crippen LogP contribution in [0.4, 0.5) is 0 Å². The van der Waals surface area contributed by atoms with Gasteiger partial charge in [-0.05, 0) is 130 Å². The van der Waals surface area contributed by atoms with Gasteiger partial charge in [-0.1, -0.05) is 41.0 Å². The lowest BCUT2D eigenvalue weighted by Crippen LogP contribution is -2.56. The van der Waals surface area contributed by atoms with Crippen LogP contribution < -0.4 is 0 Å². The summed E-state index contributed by atoms with van der Waals surface area (Å²) in [4.78, 5) is 0. The van der Waals surface area contributed by atoms with E-state index in [4.69, 9.17) is 9.16 Å². The molecule has 0 unspecified atom stereocenters. The third-order valence-corrected chi connectivity index (χ3v) is 18.1. The number of hydrogen-bond acceptors (Lipinski definition) is 4. The summed E-state index contributed by atoms with van der Waals surface area (Å²) in [6, 6.07) is 2.23. The van der Waals surface area contributed by atoms with E-state index in [1.807, 2.05) is 18.0 Å². The van der Waals surface area contributed by atoms with Crippen LogP contribution >= 0.6 is 0 Å². The van der Waals surface area contributed by atoms with E-state index in [2.05, 4.69) is 65.8 Å². The van der Waals surface area contributed by atoms with Gasteiger partial charge >= 0.3 is 0 Å². The van der Waals surface area contributed by atoms with Crippen LogP contribution in [0.5, 0.6) is 0 Å². The van der Waals surface area contributed by atoms with Gasteiger partial charge in [0.05, 0.1) is 29.5 Å². The second-order valence-electron chi connectivity index (χ2n) is 16.7. The van der Waals surface area contributed by atoms with Gasteiger partial charge in [0, 0.05) is 13.3 Å². The van der Waals surface area contributed by atoms with E-state index in [-0.39, 0.29) is 16.2 Å². The zero-order chi connectivity index (χ0) is 29.8. The molecule has 5 rings (SSSR count). The number of nitrogens with zero attached hydrogens (tertiary/aromatic N) is 3. The maximum atomic E-state index is 9.30. The van der Waals surface area contributed by atoms with Crippen molar-refractivity contribution >= 4 is 8.32 Å². The van der Waals surface area contributed by atoms with Crippen LogP contribution in [-0.4, -0.2) is 36.4 Å². The molecule has 0 aliphatic heterocycles. The molecule has 230 valence electrons. The lowest BCUT2D eigenvalue weighted by Gasteiger charge is -2.59. The Morgan fingerprint density at radius 2 is 1.78 bits per heavy atom. The molecular weight excluding hydrogens is 522 g/mol. The summed E-state index contributed by atoms with van der Waals surface area (Å²) < 4.78 is 15.7. The first-order valence-corrected chi connectivity index (χ1v) is 19.8. The van der Waals surface area contributed by atoms with Crippen molar-refractivity contribution in [3.63, 3.8) is 0 Å². The highest BCUT2D eigenvalue weighted by atomic mass is 28.4. The van der Waals surface area contributed by atoms with Crippen molar-refractivity contribution in [2.75, 3.05) is 7.11 Å². The number of ether oxygens (including phenoxy) is 1. The second kappa shape index (κ2) is 11.1. The molecule has 0 aromatic carbocycles. The first kappa shape index (κ1) is 31.3. The molecule has 41 heavy (non-hydrogen) atoms. The Morgan fingerprint density at radius 3 is 2.41 bits per heavy atom. The standard InChI is InChI=1S/C35H59N3O2Si/c1-10-17-35(40-41(8,9)32(2,3)4)19-16-27-26(20-35)11-12-29-28(27)15-18-33(5)30(29)13-14-31(33)34(6,39-7)24-38-23-25(21-36)22-37-38/h22-23,26-31H,10-20,24H2,1-9H3/t26-,27+,28-,29-,30+,31+,33+,34+,35-/m1/s1. The molecule has 4 aliphatic carbocycles. The molecular formula is C35H59N3O2Si. The zero-order valence-electron chi connectivity index (χ0n) is 27.8. The van der Waals surface area contributed by atoms with Gasteiger partial charge in [0.15, 0.2) is 8.32 Å². The molecule has 0 N–H and O–H groups in total. The predicted molar refractivity (Wildman–Crippen MR) is 169 cm³/mol. The van der Waals surface area contributed by atoms with E-state index in [1.54, 1.807) is 6.20 Å². The highest BCUT2D eigenvalue weighted by Crippen LogP contribution is 2.67. The molecule has 1 aromatic rings. The second-order valence-corrected chi connectivity index (χ2v) is 21.4. The SMILES string of the molecule is CCC[C@@]1(O[Si](C)(C)C(C)(C)C)CC[C@H]2[C@H](CC[C@@H]3[C@@H]2CC[C@@]2(C)[C@H]3CC[C@@H]2[C@](C)(Cn2cc(C#N)cn2)OC)C1. The molecule has 1 aromatic heterocycles. The van der Waals surface area contributed by atoms with Gasteiger partial charge in [0.1, 0.15) is 6.07 Å². The summed E-state index contributed by atoms with van der Waals surface area (Å²) in [5.41, 5.74) is 0.779. The van der Waals surface area contributed by atoms with E-state index in [0.717, 1.165) is 29.6 Å². The molecule has 4 fully saturated rings. The molecule has 4 saturated carbocycles. The fourth-order valence-electron chi connectivity index (χ4n) is 10.6. The average molecular weight is 582 g/mol. The van der Waals surface area contributed by atoms with E-state index >= 15 is 0 Å². The van der Waals surface area contributed by atoms with Crippen LogP contribution in [0.25, 0.3) is 0 Å². The van der Waals surface area contributed by atoms with Gasteiger partial charge in [-0.2, -0.15) is 10.4 Å². The summed E-state index contributed by atoms with van der Waals surface area (Å²) >= 11 is 0. The van der Waals surface area contributed by atoms with Crippen LogP contribution in [0.3, 0.4) is 0 Å². The largest absolute Gasteiger partial charge is 0.411 e. The average Bonchev–Trinajstić information content (AvgIpc) is 3.51. The van der Waals surface area contributed by atoms with Crippen molar-refractivity contribution < 1.29 is 9.16 Å². The van der Waals surface area contributed by atoms with Crippen molar-refractivity contribution in [1.29, 1.82) is 5.26 Å². The Labute approximate surface area is 252 Å². The fraction of sp³-hybridized carbons (Fsp3) is 0.886. The Hall–Kier alpha value is -1.16. The lowest BCUT2D eigenvalue weighted by atomic mass is 9.48. The van der Waals surface area contributed by atoms with E-state index in [9.17, 15) is 5.26 Å². The molecule has 0 amide bonds. The normalized spacial score (nSPS) is 38.8. The number of rotatable bonds is 8. The molecule has 6 heteroatoms. The van der Waals surface area contributed by atoms with Gasteiger partial charge in [-0.15, -0.1) is 0 Å². The van der Waals surface area contributed by atoms with Crippen LogP contribution in [0, 0.1) is 52.3 Å². The predicted octanol–water partition coefficient (Wildman–Crippen LogP) is 8.99. The van der Waals surface area contributed by atoms with E-state index in [0.29, 0.717) is 23.4 Å². The fourth-order valence-corrected chi connectivity index (χ4v) is 12.3. The molecule has 0 spiro atoms. The number of hydrogen-bond donors (Lipinski definition) is 0. The summed E-state index contributed by atoms with van der Waals surface area (Å²) in [5.74, 6) is 4.83. The van der Waals surface area contributed by atoms with Crippen molar-refractivity contribution in [1.82, 2.24) is 9.78 Å². The summed E-state index contributed by atoms with van der Waals surface area (Å²) in [5, 5.41) is 14.1. The first-order valence-electron chi connectivity index (χ1n) is 16.9. The molecule has 9 atom stereocenters. The van der Waals surface area contributed by atoms with E-state index in [1.165, 1.54) is 70.6 Å². The van der Waals surface area contributed by atoms with Gasteiger partial charge in [-0.3, -0.25) is 4.68 Å². The number of fused-ring (bicyclic) bond motifs is 5. The van der Waals surface area contributed by atoms with Crippen LogP contribution in [0.2, 0.25) is 18.1 Å². The maximum absolute atomic E-state index is 9.30. The molecule has 0 bridgehead atoms. The first-order chi connectivity index (χ1) is 19.2. The van der Waals surface area contributed by atoms with Gasteiger partial charge in [0.2, 0.25) is 0 Å². The Kier molecular flexibility index (Phi) is 8.45. The summed E-state index contributed by atoms with van der Waals surface area (Å²) in [7, 11) is 0.0746. The quantitative estimate of drug-likeness (QED) is 0.287. The molecule has 0 radical (unpaired) electrons. The minimum atomic E-state index is -1.81. The number of methoxy groups -OCH3 is 1. The third kappa shape index (κ3) is 5.51. The van der Waals surface area contributed by atoms with Gasteiger partial charge < -0.3 is 9.16 Å². The summed E-state index contributed by atoms with van der Waals surface area (Å²) in [6.45, 7) is 20.1. The van der Waals surface area contributed by atoms with Crippen molar-refractivity contribution in [2.45, 2.75) is 148 Å². The third-order valence-electron chi connectivity index (χ3n) is 13.5. The zero-order valence-corrected chi connectivity index (χ0v) is 28.8. The van der Waals surface area contributed by atoms with Gasteiger partial charge in [0.25, 0.3) is 0 Å². The number of aromatic nitrogens is 2. The molecule has 4 aliphatic rings. The Bertz CT molecular complexity index is 1120. The van der Waals surface area contributed by atoms with Crippen molar-refractivity contribution in [3.8, 4) is 6.07 Å². The van der Waals surface area contributed by atoms with E-state index < -0.39 is 8.32 Å².